The Balaban J connectivity index is 1.83. The molecule has 1 aromatic heterocycles. The Labute approximate surface area is 120 Å². The van der Waals surface area contributed by atoms with Gasteiger partial charge in [0.15, 0.2) is 0 Å². The quantitative estimate of drug-likeness (QED) is 0.907. The monoisotopic (exact) mass is 267 g/mol. The molecule has 0 atom stereocenters. The van der Waals surface area contributed by atoms with Crippen molar-refractivity contribution in [3.63, 3.8) is 0 Å². The van der Waals surface area contributed by atoms with Gasteiger partial charge in [0.2, 0.25) is 0 Å². The van der Waals surface area contributed by atoms with Crippen LogP contribution < -0.4 is 10.2 Å². The third-order valence-electron chi connectivity index (χ3n) is 4.03. The molecule has 1 aromatic carbocycles. The van der Waals surface area contributed by atoms with Gasteiger partial charge in [-0.15, -0.1) is 0 Å². The molecular formula is C17H21N3. The number of nitrogens with one attached hydrogen (secondary N) is 1. The van der Waals surface area contributed by atoms with E-state index in [2.05, 4.69) is 59.4 Å². The third-order valence-corrected chi connectivity index (χ3v) is 4.03. The minimum Gasteiger partial charge on any atom is -0.354 e. The first-order chi connectivity index (χ1) is 9.74. The van der Waals surface area contributed by atoms with E-state index in [1.165, 1.54) is 22.3 Å². The zero-order valence-electron chi connectivity index (χ0n) is 12.2. The van der Waals surface area contributed by atoms with E-state index in [1.54, 1.807) is 0 Å². The SMILES string of the molecule is Cc1ccc(-c2ccc(N3CCNCC3)nc2)cc1C. The molecule has 0 bridgehead atoms. The van der Waals surface area contributed by atoms with Crippen LogP contribution in [0.4, 0.5) is 5.82 Å². The number of pyridine rings is 1. The zero-order chi connectivity index (χ0) is 13.9. The Morgan fingerprint density at radius 3 is 2.35 bits per heavy atom. The fourth-order valence-corrected chi connectivity index (χ4v) is 2.56. The van der Waals surface area contributed by atoms with Crippen LogP contribution in [-0.2, 0) is 0 Å². The molecule has 0 saturated carbocycles. The number of aryl methyl sites for hydroxylation is 2. The van der Waals surface area contributed by atoms with Gasteiger partial charge in [-0.2, -0.15) is 0 Å². The number of piperazine rings is 1. The molecule has 1 fully saturated rings. The predicted molar refractivity (Wildman–Crippen MR) is 84.2 cm³/mol. The lowest BCUT2D eigenvalue weighted by molar-refractivity contribution is 0.585. The fourth-order valence-electron chi connectivity index (χ4n) is 2.56. The molecule has 0 unspecified atom stereocenters. The highest BCUT2D eigenvalue weighted by atomic mass is 15.2. The minimum atomic E-state index is 1.04. The van der Waals surface area contributed by atoms with E-state index in [-0.39, 0.29) is 0 Å². The molecule has 3 nitrogen and oxygen atoms in total. The molecule has 20 heavy (non-hydrogen) atoms. The lowest BCUT2D eigenvalue weighted by Gasteiger charge is -2.28. The lowest BCUT2D eigenvalue weighted by atomic mass is 10.0. The van der Waals surface area contributed by atoms with Gasteiger partial charge in [-0.3, -0.25) is 0 Å². The van der Waals surface area contributed by atoms with Gasteiger partial charge in [0, 0.05) is 37.9 Å². The average molecular weight is 267 g/mol. The number of rotatable bonds is 2. The van der Waals surface area contributed by atoms with E-state index < -0.39 is 0 Å². The van der Waals surface area contributed by atoms with Gasteiger partial charge < -0.3 is 10.2 Å². The highest BCUT2D eigenvalue weighted by Crippen LogP contribution is 2.23. The van der Waals surface area contributed by atoms with E-state index >= 15 is 0 Å². The molecule has 3 rings (SSSR count). The molecule has 0 spiro atoms. The molecule has 0 radical (unpaired) electrons. The van der Waals surface area contributed by atoms with Gasteiger partial charge in [0.1, 0.15) is 5.82 Å². The summed E-state index contributed by atoms with van der Waals surface area (Å²) in [5.41, 5.74) is 5.09. The maximum Gasteiger partial charge on any atom is 0.128 e. The van der Waals surface area contributed by atoms with Gasteiger partial charge in [-0.05, 0) is 42.7 Å². The molecule has 104 valence electrons. The van der Waals surface area contributed by atoms with Gasteiger partial charge in [-0.1, -0.05) is 18.2 Å². The van der Waals surface area contributed by atoms with Gasteiger partial charge in [0.25, 0.3) is 0 Å². The number of anilines is 1. The standard InChI is InChI=1S/C17H21N3/c1-13-3-4-15(11-14(13)2)16-5-6-17(19-12-16)20-9-7-18-8-10-20/h3-6,11-12,18H,7-10H2,1-2H3. The van der Waals surface area contributed by atoms with Crippen molar-refractivity contribution in [2.45, 2.75) is 13.8 Å². The Hall–Kier alpha value is -1.87. The van der Waals surface area contributed by atoms with Crippen LogP contribution in [0.25, 0.3) is 11.1 Å². The lowest BCUT2D eigenvalue weighted by Crippen LogP contribution is -2.43. The topological polar surface area (TPSA) is 28.2 Å². The maximum absolute atomic E-state index is 4.63. The van der Waals surface area contributed by atoms with E-state index in [9.17, 15) is 0 Å². The first kappa shape index (κ1) is 13.1. The second-order valence-electron chi connectivity index (χ2n) is 5.44. The summed E-state index contributed by atoms with van der Waals surface area (Å²) < 4.78 is 0. The fraction of sp³-hybridized carbons (Fsp3) is 0.353. The molecule has 2 heterocycles. The largest absolute Gasteiger partial charge is 0.354 e. The van der Waals surface area contributed by atoms with Crippen molar-refractivity contribution in [2.24, 2.45) is 0 Å². The first-order valence-electron chi connectivity index (χ1n) is 7.23. The molecular weight excluding hydrogens is 246 g/mol. The highest BCUT2D eigenvalue weighted by Gasteiger charge is 2.11. The van der Waals surface area contributed by atoms with Crippen LogP contribution in [0.1, 0.15) is 11.1 Å². The van der Waals surface area contributed by atoms with E-state index in [0.29, 0.717) is 0 Å². The van der Waals surface area contributed by atoms with Crippen molar-refractivity contribution >= 4 is 5.82 Å². The smallest absolute Gasteiger partial charge is 0.128 e. The van der Waals surface area contributed by atoms with Crippen molar-refractivity contribution in [3.8, 4) is 11.1 Å². The van der Waals surface area contributed by atoms with Crippen LogP contribution in [0.15, 0.2) is 36.5 Å². The summed E-state index contributed by atoms with van der Waals surface area (Å²) in [6, 6.07) is 10.9. The minimum absolute atomic E-state index is 1.04. The summed E-state index contributed by atoms with van der Waals surface area (Å²) in [6.07, 6.45) is 1.99. The number of benzene rings is 1. The van der Waals surface area contributed by atoms with Gasteiger partial charge in [0.05, 0.1) is 0 Å². The normalized spacial score (nSPS) is 15.4. The molecule has 1 saturated heterocycles. The second-order valence-corrected chi connectivity index (χ2v) is 5.44. The van der Waals surface area contributed by atoms with E-state index in [1.807, 2.05) is 6.20 Å². The van der Waals surface area contributed by atoms with Gasteiger partial charge in [-0.25, -0.2) is 4.98 Å². The first-order valence-corrected chi connectivity index (χ1v) is 7.23. The highest BCUT2D eigenvalue weighted by molar-refractivity contribution is 5.65. The van der Waals surface area contributed by atoms with Crippen molar-refractivity contribution in [3.05, 3.63) is 47.7 Å². The second kappa shape index (κ2) is 5.63. The van der Waals surface area contributed by atoms with Crippen LogP contribution in [0.5, 0.6) is 0 Å². The Kier molecular flexibility index (Phi) is 3.70. The van der Waals surface area contributed by atoms with Crippen molar-refractivity contribution in [1.82, 2.24) is 10.3 Å². The molecule has 0 aliphatic carbocycles. The molecule has 0 amide bonds. The Morgan fingerprint density at radius 2 is 1.70 bits per heavy atom. The molecule has 1 aliphatic heterocycles. The molecule has 3 heteroatoms. The van der Waals surface area contributed by atoms with Crippen LogP contribution >= 0.6 is 0 Å². The van der Waals surface area contributed by atoms with Gasteiger partial charge >= 0.3 is 0 Å². The third kappa shape index (κ3) is 2.68. The van der Waals surface area contributed by atoms with Crippen LogP contribution in [0, 0.1) is 13.8 Å². The van der Waals surface area contributed by atoms with Crippen molar-refractivity contribution < 1.29 is 0 Å². The van der Waals surface area contributed by atoms with Crippen LogP contribution in [0.3, 0.4) is 0 Å². The summed E-state index contributed by atoms with van der Waals surface area (Å²) in [6.45, 7) is 8.46. The molecule has 1 aliphatic rings. The Bertz CT molecular complexity index is 584. The van der Waals surface area contributed by atoms with E-state index in [0.717, 1.165) is 32.0 Å². The van der Waals surface area contributed by atoms with E-state index in [4.69, 9.17) is 0 Å². The summed E-state index contributed by atoms with van der Waals surface area (Å²) >= 11 is 0. The Morgan fingerprint density at radius 1 is 0.950 bits per heavy atom. The zero-order valence-corrected chi connectivity index (χ0v) is 12.2. The van der Waals surface area contributed by atoms with Crippen molar-refractivity contribution in [2.75, 3.05) is 31.1 Å². The molecule has 1 N–H and O–H groups in total. The summed E-state index contributed by atoms with van der Waals surface area (Å²) in [7, 11) is 0. The predicted octanol–water partition coefficient (Wildman–Crippen LogP) is 2.78. The van der Waals surface area contributed by atoms with Crippen LogP contribution in [0.2, 0.25) is 0 Å². The van der Waals surface area contributed by atoms with Crippen molar-refractivity contribution in [1.29, 1.82) is 0 Å². The van der Waals surface area contributed by atoms with Crippen LogP contribution in [-0.4, -0.2) is 31.2 Å². The number of nitrogens with zero attached hydrogens (tertiary/aromatic N) is 2. The number of hydrogen-bond donors (Lipinski definition) is 1. The maximum atomic E-state index is 4.63. The average Bonchev–Trinajstić information content (AvgIpc) is 2.51. The number of hydrogen-bond acceptors (Lipinski definition) is 3. The molecule has 2 aromatic rings. The summed E-state index contributed by atoms with van der Waals surface area (Å²) in [4.78, 5) is 6.96. The number of aromatic nitrogens is 1. The summed E-state index contributed by atoms with van der Waals surface area (Å²) in [5, 5.41) is 3.36. The summed E-state index contributed by atoms with van der Waals surface area (Å²) in [5.74, 6) is 1.08.